The lowest BCUT2D eigenvalue weighted by Crippen LogP contribution is -2.49. The number of amides is 2. The van der Waals surface area contributed by atoms with Crippen molar-refractivity contribution in [2.75, 3.05) is 19.8 Å². The van der Waals surface area contributed by atoms with Gasteiger partial charge in [0.2, 0.25) is 11.8 Å². The summed E-state index contributed by atoms with van der Waals surface area (Å²) in [6.45, 7) is 0. The Morgan fingerprint density at radius 1 is 0.909 bits per heavy atom. The number of nitrogens with zero attached hydrogens (tertiary/aromatic N) is 2. The Morgan fingerprint density at radius 3 is 1.70 bits per heavy atom. The molecular weight excluding hydrogens is 430 g/mol. The van der Waals surface area contributed by atoms with Crippen molar-refractivity contribution in [1.29, 1.82) is 5.26 Å². The van der Waals surface area contributed by atoms with E-state index in [-0.39, 0.29) is 18.2 Å². The molecule has 3 rings (SSSR count). The van der Waals surface area contributed by atoms with Crippen LogP contribution in [0.5, 0.6) is 0 Å². The second-order valence-corrected chi connectivity index (χ2v) is 8.79. The van der Waals surface area contributed by atoms with Crippen molar-refractivity contribution in [2.24, 2.45) is 0 Å². The molecule has 0 unspecified atom stereocenters. The number of nitrogens with one attached hydrogen (secondary N) is 1. The highest BCUT2D eigenvalue weighted by Gasteiger charge is 2.39. The van der Waals surface area contributed by atoms with Gasteiger partial charge in [-0.05, 0) is 16.7 Å². The molecule has 0 aliphatic rings. The second kappa shape index (κ2) is 11.3. The minimum absolute atomic E-state index is 0.264. The summed E-state index contributed by atoms with van der Waals surface area (Å²) in [5, 5.41) is 11.6. The predicted octanol–water partition coefficient (Wildman–Crippen LogP) is 4.20. The Hall–Kier alpha value is -3.56. The maximum Gasteiger partial charge on any atom is 0.243 e. The largest absolute Gasteiger partial charge is 0.357 e. The molecule has 0 aromatic heterocycles. The summed E-state index contributed by atoms with van der Waals surface area (Å²) < 4.78 is -0.602. The second-order valence-electron chi connectivity index (χ2n) is 7.56. The van der Waals surface area contributed by atoms with Crippen molar-refractivity contribution in [2.45, 2.75) is 17.2 Å². The zero-order valence-electron chi connectivity index (χ0n) is 18.8. The van der Waals surface area contributed by atoms with Gasteiger partial charge < -0.3 is 10.2 Å². The highest BCUT2D eigenvalue weighted by molar-refractivity contribution is 8.00. The SMILES string of the molecule is CNC(=O)[C@H](CSC(c1ccccc1)(c1ccccc1)c1ccccc1)N(C)C(=O)CC#N. The van der Waals surface area contributed by atoms with Gasteiger partial charge in [0.1, 0.15) is 12.5 Å². The van der Waals surface area contributed by atoms with Gasteiger partial charge in [0.05, 0.1) is 10.8 Å². The number of carbonyl (C=O) groups is 2. The summed E-state index contributed by atoms with van der Waals surface area (Å²) in [6.07, 6.45) is -0.268. The van der Waals surface area contributed by atoms with Gasteiger partial charge in [0, 0.05) is 19.8 Å². The fourth-order valence-corrected chi connectivity index (χ4v) is 5.56. The molecule has 2 amide bonds. The third-order valence-electron chi connectivity index (χ3n) is 5.64. The van der Waals surface area contributed by atoms with Crippen molar-refractivity contribution >= 4 is 23.6 Å². The number of likely N-dealkylation sites (N-methyl/N-ethyl adjacent to an activating group) is 2. The minimum atomic E-state index is -0.726. The van der Waals surface area contributed by atoms with Crippen molar-refractivity contribution < 1.29 is 9.59 Å². The summed E-state index contributed by atoms with van der Waals surface area (Å²) in [4.78, 5) is 26.6. The minimum Gasteiger partial charge on any atom is -0.357 e. The van der Waals surface area contributed by atoms with Gasteiger partial charge in [-0.1, -0.05) is 91.0 Å². The number of carbonyl (C=O) groups excluding carboxylic acids is 2. The molecule has 168 valence electrons. The zero-order valence-corrected chi connectivity index (χ0v) is 19.6. The first kappa shape index (κ1) is 24.1. The molecule has 3 aromatic carbocycles. The quantitative estimate of drug-likeness (QED) is 0.489. The van der Waals surface area contributed by atoms with Crippen LogP contribution in [0, 0.1) is 11.3 Å². The van der Waals surface area contributed by atoms with E-state index in [0.717, 1.165) is 16.7 Å². The Kier molecular flexibility index (Phi) is 8.28. The van der Waals surface area contributed by atoms with Gasteiger partial charge in [-0.2, -0.15) is 5.26 Å². The molecule has 33 heavy (non-hydrogen) atoms. The van der Waals surface area contributed by atoms with Crippen molar-refractivity contribution in [3.05, 3.63) is 108 Å². The average molecular weight is 458 g/mol. The lowest BCUT2D eigenvalue weighted by Gasteiger charge is -2.37. The van der Waals surface area contributed by atoms with Crippen LogP contribution in [0.1, 0.15) is 23.1 Å². The molecular formula is C27H27N3O2S. The lowest BCUT2D eigenvalue weighted by molar-refractivity contribution is -0.137. The first-order valence-electron chi connectivity index (χ1n) is 10.7. The Balaban J connectivity index is 2.12. The van der Waals surface area contributed by atoms with Crippen LogP contribution >= 0.6 is 11.8 Å². The number of benzene rings is 3. The maximum absolute atomic E-state index is 12.8. The van der Waals surface area contributed by atoms with E-state index in [2.05, 4.69) is 41.7 Å². The van der Waals surface area contributed by atoms with E-state index in [1.807, 2.05) is 60.7 Å². The van der Waals surface area contributed by atoms with Gasteiger partial charge in [-0.3, -0.25) is 9.59 Å². The molecule has 0 fully saturated rings. The van der Waals surface area contributed by atoms with E-state index >= 15 is 0 Å². The van der Waals surface area contributed by atoms with Gasteiger partial charge in [0.15, 0.2) is 0 Å². The number of rotatable bonds is 9. The predicted molar refractivity (Wildman–Crippen MR) is 133 cm³/mol. The third-order valence-corrected chi connectivity index (χ3v) is 7.26. The van der Waals surface area contributed by atoms with Gasteiger partial charge in [-0.15, -0.1) is 11.8 Å². The fraction of sp³-hybridized carbons (Fsp3) is 0.222. The van der Waals surface area contributed by atoms with Crippen LogP contribution in [0.4, 0.5) is 0 Å². The van der Waals surface area contributed by atoms with Crippen molar-refractivity contribution in [3.63, 3.8) is 0 Å². The Labute approximate surface area is 199 Å². The molecule has 0 aliphatic heterocycles. The molecule has 6 heteroatoms. The lowest BCUT2D eigenvalue weighted by atomic mass is 9.84. The average Bonchev–Trinajstić information content (AvgIpc) is 2.88. The van der Waals surface area contributed by atoms with Crippen molar-refractivity contribution in [1.82, 2.24) is 10.2 Å². The molecule has 0 aliphatic carbocycles. The smallest absolute Gasteiger partial charge is 0.243 e. The van der Waals surface area contributed by atoms with Crippen LogP contribution < -0.4 is 5.32 Å². The van der Waals surface area contributed by atoms with Crippen LogP contribution in [0.25, 0.3) is 0 Å². The molecule has 0 heterocycles. The number of hydrogen-bond acceptors (Lipinski definition) is 4. The number of thioether (sulfide) groups is 1. The first-order chi connectivity index (χ1) is 16.0. The van der Waals surface area contributed by atoms with Crippen LogP contribution in [-0.2, 0) is 14.3 Å². The Bertz CT molecular complexity index is 1000. The number of nitriles is 1. The molecule has 0 bridgehead atoms. The molecule has 0 saturated heterocycles. The highest BCUT2D eigenvalue weighted by Crippen LogP contribution is 2.48. The molecule has 3 aromatic rings. The van der Waals surface area contributed by atoms with Crippen molar-refractivity contribution in [3.8, 4) is 6.07 Å². The van der Waals surface area contributed by atoms with E-state index in [1.165, 1.54) is 4.90 Å². The van der Waals surface area contributed by atoms with E-state index in [4.69, 9.17) is 5.26 Å². The van der Waals surface area contributed by atoms with Gasteiger partial charge >= 0.3 is 0 Å². The highest BCUT2D eigenvalue weighted by atomic mass is 32.2. The van der Waals surface area contributed by atoms with Crippen LogP contribution in [0.3, 0.4) is 0 Å². The number of hydrogen-bond donors (Lipinski definition) is 1. The summed E-state index contributed by atoms with van der Waals surface area (Å²) in [5.74, 6) is -0.303. The monoisotopic (exact) mass is 457 g/mol. The van der Waals surface area contributed by atoms with Crippen LogP contribution in [-0.4, -0.2) is 42.6 Å². The molecule has 1 atom stereocenters. The summed E-state index contributed by atoms with van der Waals surface area (Å²) in [7, 11) is 3.14. The van der Waals surface area contributed by atoms with Gasteiger partial charge in [0.25, 0.3) is 0 Å². The van der Waals surface area contributed by atoms with E-state index in [0.29, 0.717) is 5.75 Å². The molecule has 0 spiro atoms. The standard InChI is InChI=1S/C27H27N3O2S/c1-29-26(32)24(30(2)25(31)18-19-28)20-33-27(21-12-6-3-7-13-21,22-14-8-4-9-15-22)23-16-10-5-11-17-23/h3-17,24H,18,20H2,1-2H3,(H,29,32)/t24-/m0/s1. The molecule has 5 nitrogen and oxygen atoms in total. The first-order valence-corrected chi connectivity index (χ1v) is 11.7. The zero-order chi connectivity index (χ0) is 23.7. The molecule has 1 N–H and O–H groups in total. The third kappa shape index (κ3) is 5.27. The van der Waals surface area contributed by atoms with Crippen LogP contribution in [0.15, 0.2) is 91.0 Å². The van der Waals surface area contributed by atoms with E-state index < -0.39 is 10.8 Å². The van der Waals surface area contributed by atoms with E-state index in [9.17, 15) is 9.59 Å². The molecule has 0 saturated carbocycles. The molecule has 0 radical (unpaired) electrons. The summed E-state index contributed by atoms with van der Waals surface area (Å²) in [6, 6.07) is 31.7. The topological polar surface area (TPSA) is 73.2 Å². The van der Waals surface area contributed by atoms with E-state index in [1.54, 1.807) is 25.9 Å². The normalized spacial score (nSPS) is 11.8. The van der Waals surface area contributed by atoms with Crippen LogP contribution in [0.2, 0.25) is 0 Å². The fourth-order valence-electron chi connectivity index (χ4n) is 3.87. The summed E-state index contributed by atoms with van der Waals surface area (Å²) in [5.41, 5.74) is 3.23. The maximum atomic E-state index is 12.8. The summed E-state index contributed by atoms with van der Waals surface area (Å²) >= 11 is 1.61. The Morgan fingerprint density at radius 2 is 1.33 bits per heavy atom. The van der Waals surface area contributed by atoms with Gasteiger partial charge in [-0.25, -0.2) is 0 Å².